The van der Waals surface area contributed by atoms with Gasteiger partial charge in [-0.2, -0.15) is 0 Å². The maximum Gasteiger partial charge on any atom is 0.0469 e. The van der Waals surface area contributed by atoms with E-state index in [0.29, 0.717) is 0 Å². The lowest BCUT2D eigenvalue weighted by atomic mass is 9.56. The zero-order chi connectivity index (χ0) is 13.8. The lowest BCUT2D eigenvalue weighted by Crippen LogP contribution is -2.52. The van der Waals surface area contributed by atoms with Crippen molar-refractivity contribution in [3.8, 4) is 0 Å². The molecule has 0 aromatic carbocycles. The van der Waals surface area contributed by atoms with Crippen LogP contribution >= 0.6 is 0 Å². The van der Waals surface area contributed by atoms with Gasteiger partial charge in [0.05, 0.1) is 0 Å². The fourth-order valence-corrected chi connectivity index (χ4v) is 6.40. The Labute approximate surface area is 127 Å². The first-order valence-corrected chi connectivity index (χ1v) is 9.09. The summed E-state index contributed by atoms with van der Waals surface area (Å²) in [5.41, 5.74) is 3.03. The number of fused-ring (bicyclic) bond motifs is 7. The highest BCUT2D eigenvalue weighted by atomic mass is 14.9. The van der Waals surface area contributed by atoms with E-state index >= 15 is 0 Å². The van der Waals surface area contributed by atoms with E-state index in [0.717, 1.165) is 35.6 Å². The standard InChI is InChI=1S/C19H26N2/c1-3-12-11-17-14-7-8-18-15(4-2-9-20-18)13(14)5-6-16(17)19(12)21-10-1/h1,3,10,13-18,20H,2,4-9,11H2. The van der Waals surface area contributed by atoms with E-state index in [4.69, 9.17) is 4.98 Å². The normalized spacial score (nSPS) is 44.4. The third-order valence-electron chi connectivity index (χ3n) is 7.16. The molecule has 0 radical (unpaired) electrons. The molecule has 21 heavy (non-hydrogen) atoms. The second-order valence-corrected chi connectivity index (χ2v) is 7.87. The Kier molecular flexibility index (Phi) is 2.89. The predicted molar refractivity (Wildman–Crippen MR) is 84.1 cm³/mol. The van der Waals surface area contributed by atoms with Crippen molar-refractivity contribution in [3.05, 3.63) is 29.6 Å². The molecular formula is C19H26N2. The van der Waals surface area contributed by atoms with Crippen molar-refractivity contribution in [2.24, 2.45) is 23.7 Å². The lowest BCUT2D eigenvalue weighted by molar-refractivity contribution is 0.0109. The Bertz CT molecular complexity index is 540. The average Bonchev–Trinajstić information content (AvgIpc) is 2.93. The summed E-state index contributed by atoms with van der Waals surface area (Å²) in [7, 11) is 0. The smallest absolute Gasteiger partial charge is 0.0469 e. The summed E-state index contributed by atoms with van der Waals surface area (Å²) in [6.45, 7) is 1.26. The van der Waals surface area contributed by atoms with E-state index in [1.54, 1.807) is 5.56 Å². The molecule has 4 aliphatic rings. The first-order chi connectivity index (χ1) is 10.4. The Balaban J connectivity index is 1.44. The molecule has 2 heterocycles. The summed E-state index contributed by atoms with van der Waals surface area (Å²) in [6.07, 6.45) is 12.0. The summed E-state index contributed by atoms with van der Waals surface area (Å²) < 4.78 is 0. The average molecular weight is 282 g/mol. The first kappa shape index (κ1) is 12.6. The number of hydrogen-bond acceptors (Lipinski definition) is 2. The molecule has 0 spiro atoms. The number of pyridine rings is 1. The molecule has 1 N–H and O–H groups in total. The van der Waals surface area contributed by atoms with Crippen LogP contribution in [0.5, 0.6) is 0 Å². The van der Waals surface area contributed by atoms with Crippen molar-refractivity contribution in [3.63, 3.8) is 0 Å². The minimum absolute atomic E-state index is 0.788. The maximum atomic E-state index is 4.75. The number of piperidine rings is 1. The molecule has 6 unspecified atom stereocenters. The maximum absolute atomic E-state index is 4.75. The Morgan fingerprint density at radius 2 is 1.86 bits per heavy atom. The molecule has 3 aliphatic carbocycles. The van der Waals surface area contributed by atoms with E-state index in [1.807, 2.05) is 6.20 Å². The second kappa shape index (κ2) is 4.81. The van der Waals surface area contributed by atoms with Crippen molar-refractivity contribution >= 4 is 0 Å². The number of aromatic nitrogens is 1. The van der Waals surface area contributed by atoms with Crippen LogP contribution in [0.4, 0.5) is 0 Å². The molecule has 1 aromatic rings. The van der Waals surface area contributed by atoms with E-state index in [2.05, 4.69) is 17.4 Å². The van der Waals surface area contributed by atoms with Crippen molar-refractivity contribution < 1.29 is 0 Å². The Morgan fingerprint density at radius 1 is 0.952 bits per heavy atom. The zero-order valence-corrected chi connectivity index (χ0v) is 12.8. The fraction of sp³-hybridized carbons (Fsp3) is 0.737. The molecule has 1 aliphatic heterocycles. The highest BCUT2D eigenvalue weighted by Crippen LogP contribution is 2.56. The van der Waals surface area contributed by atoms with E-state index in [-0.39, 0.29) is 0 Å². The molecular weight excluding hydrogens is 256 g/mol. The number of nitrogens with one attached hydrogen (secondary N) is 1. The zero-order valence-electron chi connectivity index (χ0n) is 12.8. The van der Waals surface area contributed by atoms with Gasteiger partial charge in [0, 0.05) is 23.9 Å². The highest BCUT2D eigenvalue weighted by molar-refractivity contribution is 5.31. The number of rotatable bonds is 0. The van der Waals surface area contributed by atoms with Crippen LogP contribution in [-0.4, -0.2) is 17.6 Å². The van der Waals surface area contributed by atoms with Gasteiger partial charge in [0.15, 0.2) is 0 Å². The van der Waals surface area contributed by atoms with Gasteiger partial charge < -0.3 is 5.32 Å². The molecule has 5 rings (SSSR count). The summed E-state index contributed by atoms with van der Waals surface area (Å²) in [6, 6.07) is 5.32. The van der Waals surface area contributed by atoms with Crippen molar-refractivity contribution in [2.45, 2.75) is 56.9 Å². The summed E-state index contributed by atoms with van der Waals surface area (Å²) >= 11 is 0. The van der Waals surface area contributed by atoms with Crippen molar-refractivity contribution in [1.82, 2.24) is 10.3 Å². The van der Waals surface area contributed by atoms with E-state index in [1.165, 1.54) is 57.2 Å². The molecule has 2 heteroatoms. The lowest BCUT2D eigenvalue weighted by Gasteiger charge is -2.51. The molecule has 1 saturated heterocycles. The fourth-order valence-electron chi connectivity index (χ4n) is 6.40. The van der Waals surface area contributed by atoms with E-state index < -0.39 is 0 Å². The number of nitrogens with zero attached hydrogens (tertiary/aromatic N) is 1. The molecule has 0 bridgehead atoms. The van der Waals surface area contributed by atoms with Crippen LogP contribution in [0.1, 0.15) is 55.7 Å². The van der Waals surface area contributed by atoms with Gasteiger partial charge in [-0.15, -0.1) is 0 Å². The first-order valence-electron chi connectivity index (χ1n) is 9.09. The van der Waals surface area contributed by atoms with Crippen LogP contribution in [0.25, 0.3) is 0 Å². The van der Waals surface area contributed by atoms with Gasteiger partial charge in [-0.05, 0) is 86.8 Å². The van der Waals surface area contributed by atoms with Gasteiger partial charge in [0.25, 0.3) is 0 Å². The highest BCUT2D eigenvalue weighted by Gasteiger charge is 2.50. The summed E-state index contributed by atoms with van der Waals surface area (Å²) in [5, 5.41) is 3.82. The van der Waals surface area contributed by atoms with Crippen LogP contribution in [0.2, 0.25) is 0 Å². The van der Waals surface area contributed by atoms with E-state index in [9.17, 15) is 0 Å². The molecule has 0 amide bonds. The van der Waals surface area contributed by atoms with Gasteiger partial charge in [-0.3, -0.25) is 4.98 Å². The molecule has 1 aromatic heterocycles. The monoisotopic (exact) mass is 282 g/mol. The quantitative estimate of drug-likeness (QED) is 0.787. The predicted octanol–water partition coefficient (Wildman–Crippen LogP) is 3.53. The van der Waals surface area contributed by atoms with Crippen LogP contribution in [0, 0.1) is 23.7 Å². The molecule has 112 valence electrons. The van der Waals surface area contributed by atoms with Gasteiger partial charge in [0.2, 0.25) is 0 Å². The van der Waals surface area contributed by atoms with Crippen LogP contribution in [0.3, 0.4) is 0 Å². The Hall–Kier alpha value is -0.890. The minimum Gasteiger partial charge on any atom is -0.314 e. The summed E-state index contributed by atoms with van der Waals surface area (Å²) in [5.74, 6) is 4.67. The van der Waals surface area contributed by atoms with Crippen molar-refractivity contribution in [2.75, 3.05) is 6.54 Å². The summed E-state index contributed by atoms with van der Waals surface area (Å²) in [4.78, 5) is 4.75. The minimum atomic E-state index is 0.788. The van der Waals surface area contributed by atoms with Crippen molar-refractivity contribution in [1.29, 1.82) is 0 Å². The van der Waals surface area contributed by atoms with Crippen LogP contribution < -0.4 is 5.32 Å². The third kappa shape index (κ3) is 1.84. The Morgan fingerprint density at radius 3 is 2.86 bits per heavy atom. The van der Waals surface area contributed by atoms with Crippen LogP contribution in [-0.2, 0) is 6.42 Å². The van der Waals surface area contributed by atoms with Crippen LogP contribution in [0.15, 0.2) is 18.3 Å². The largest absolute Gasteiger partial charge is 0.314 e. The molecule has 2 nitrogen and oxygen atoms in total. The third-order valence-corrected chi connectivity index (χ3v) is 7.16. The number of hydrogen-bond donors (Lipinski definition) is 1. The molecule has 6 atom stereocenters. The second-order valence-electron chi connectivity index (χ2n) is 7.87. The topological polar surface area (TPSA) is 24.9 Å². The molecule has 2 saturated carbocycles. The van der Waals surface area contributed by atoms with Gasteiger partial charge in [-0.1, -0.05) is 6.07 Å². The van der Waals surface area contributed by atoms with Gasteiger partial charge in [-0.25, -0.2) is 0 Å². The molecule has 3 fully saturated rings. The van der Waals surface area contributed by atoms with Gasteiger partial charge >= 0.3 is 0 Å². The van der Waals surface area contributed by atoms with Gasteiger partial charge in [0.1, 0.15) is 0 Å². The SMILES string of the molecule is c1cnc2c(c1)CC1C2CCC2C3CCCNC3CCC12.